The molecular weight excluding hydrogens is 288 g/mol. The molecular formula is C19H22N2O2. The summed E-state index contributed by atoms with van der Waals surface area (Å²) in [6, 6.07) is 17.2. The smallest absolute Gasteiger partial charge is 0.251 e. The first-order chi connectivity index (χ1) is 11.2. The maximum Gasteiger partial charge on any atom is 0.251 e. The van der Waals surface area contributed by atoms with Crippen LogP contribution in [0.25, 0.3) is 0 Å². The fourth-order valence-electron chi connectivity index (χ4n) is 2.75. The van der Waals surface area contributed by atoms with Crippen molar-refractivity contribution in [1.82, 2.24) is 10.2 Å². The van der Waals surface area contributed by atoms with Crippen LogP contribution in [0.5, 0.6) is 11.5 Å². The lowest BCUT2D eigenvalue weighted by Crippen LogP contribution is -2.43. The van der Waals surface area contributed by atoms with Gasteiger partial charge in [0.05, 0.1) is 0 Å². The van der Waals surface area contributed by atoms with Crippen LogP contribution >= 0.6 is 0 Å². The average Bonchev–Trinajstić information content (AvgIpc) is 2.58. The molecule has 0 saturated carbocycles. The zero-order valence-corrected chi connectivity index (χ0v) is 13.4. The lowest BCUT2D eigenvalue weighted by atomic mass is 10.0. The van der Waals surface area contributed by atoms with Gasteiger partial charge in [0.2, 0.25) is 0 Å². The minimum atomic E-state index is -0.0296. The number of piperidine rings is 1. The van der Waals surface area contributed by atoms with Crippen LogP contribution in [-0.4, -0.2) is 37.0 Å². The number of carbonyl (C=O) groups excluding carboxylic acids is 1. The number of rotatable bonds is 4. The van der Waals surface area contributed by atoms with Crippen molar-refractivity contribution in [3.05, 3.63) is 60.2 Å². The van der Waals surface area contributed by atoms with E-state index in [4.69, 9.17) is 4.74 Å². The molecule has 0 unspecified atom stereocenters. The summed E-state index contributed by atoms with van der Waals surface area (Å²) in [4.78, 5) is 14.7. The van der Waals surface area contributed by atoms with Crippen molar-refractivity contribution in [2.45, 2.75) is 18.9 Å². The molecule has 23 heavy (non-hydrogen) atoms. The Balaban J connectivity index is 1.63. The number of nitrogens with one attached hydrogen (secondary N) is 1. The van der Waals surface area contributed by atoms with E-state index in [-0.39, 0.29) is 11.9 Å². The molecule has 1 N–H and O–H groups in total. The Morgan fingerprint density at radius 3 is 2.48 bits per heavy atom. The van der Waals surface area contributed by atoms with E-state index >= 15 is 0 Å². The van der Waals surface area contributed by atoms with Gasteiger partial charge < -0.3 is 15.0 Å². The molecule has 0 aliphatic carbocycles. The highest BCUT2D eigenvalue weighted by atomic mass is 16.5. The van der Waals surface area contributed by atoms with Crippen molar-refractivity contribution in [1.29, 1.82) is 0 Å². The number of amides is 1. The fraction of sp³-hybridized carbons (Fsp3) is 0.316. The van der Waals surface area contributed by atoms with E-state index in [0.29, 0.717) is 11.3 Å². The van der Waals surface area contributed by atoms with E-state index < -0.39 is 0 Å². The molecule has 0 atom stereocenters. The largest absolute Gasteiger partial charge is 0.457 e. The van der Waals surface area contributed by atoms with Crippen molar-refractivity contribution in [3.8, 4) is 11.5 Å². The van der Waals surface area contributed by atoms with Gasteiger partial charge in [-0.1, -0.05) is 24.3 Å². The second-order valence-electron chi connectivity index (χ2n) is 5.99. The summed E-state index contributed by atoms with van der Waals surface area (Å²) in [6.45, 7) is 2.06. The van der Waals surface area contributed by atoms with Crippen LogP contribution in [0, 0.1) is 0 Å². The molecule has 2 aromatic rings. The normalized spacial score (nSPS) is 16.0. The number of nitrogens with zero attached hydrogens (tertiary/aromatic N) is 1. The molecule has 0 bridgehead atoms. The Hall–Kier alpha value is -2.33. The van der Waals surface area contributed by atoms with E-state index in [0.717, 1.165) is 31.7 Å². The van der Waals surface area contributed by atoms with Gasteiger partial charge in [-0.05, 0) is 63.3 Å². The number of likely N-dealkylation sites (tertiary alicyclic amines) is 1. The highest BCUT2D eigenvalue weighted by Crippen LogP contribution is 2.22. The third-order valence-electron chi connectivity index (χ3n) is 4.13. The number of ether oxygens (including phenoxy) is 1. The fourth-order valence-corrected chi connectivity index (χ4v) is 2.75. The molecule has 120 valence electrons. The summed E-state index contributed by atoms with van der Waals surface area (Å²) in [5.41, 5.74) is 0.636. The third kappa shape index (κ3) is 4.33. The summed E-state index contributed by atoms with van der Waals surface area (Å²) in [6.07, 6.45) is 2.00. The molecule has 0 spiro atoms. The van der Waals surface area contributed by atoms with Crippen molar-refractivity contribution in [2.75, 3.05) is 20.1 Å². The Labute approximate surface area is 137 Å². The number of hydrogen-bond acceptors (Lipinski definition) is 3. The first kappa shape index (κ1) is 15.6. The molecule has 0 aromatic heterocycles. The second-order valence-corrected chi connectivity index (χ2v) is 5.99. The van der Waals surface area contributed by atoms with Crippen molar-refractivity contribution < 1.29 is 9.53 Å². The van der Waals surface area contributed by atoms with Gasteiger partial charge in [-0.3, -0.25) is 4.79 Å². The molecule has 1 fully saturated rings. The lowest BCUT2D eigenvalue weighted by molar-refractivity contribution is 0.0916. The Bertz CT molecular complexity index is 649. The summed E-state index contributed by atoms with van der Waals surface area (Å²) in [7, 11) is 2.11. The molecule has 3 rings (SSSR count). The topological polar surface area (TPSA) is 41.6 Å². The maximum atomic E-state index is 12.4. The highest BCUT2D eigenvalue weighted by Gasteiger charge is 2.19. The predicted octanol–water partition coefficient (Wildman–Crippen LogP) is 3.30. The Kier molecular flexibility index (Phi) is 4.93. The Morgan fingerprint density at radius 2 is 1.74 bits per heavy atom. The van der Waals surface area contributed by atoms with Crippen LogP contribution in [0.3, 0.4) is 0 Å². The molecule has 1 amide bonds. The zero-order chi connectivity index (χ0) is 16.1. The predicted molar refractivity (Wildman–Crippen MR) is 90.9 cm³/mol. The summed E-state index contributed by atoms with van der Waals surface area (Å²) >= 11 is 0. The number of hydrogen-bond donors (Lipinski definition) is 1. The van der Waals surface area contributed by atoms with E-state index in [1.807, 2.05) is 48.5 Å². The van der Waals surface area contributed by atoms with Crippen LogP contribution in [0.15, 0.2) is 54.6 Å². The van der Waals surface area contributed by atoms with Crippen LogP contribution in [-0.2, 0) is 0 Å². The van der Waals surface area contributed by atoms with Crippen LogP contribution in [0.2, 0.25) is 0 Å². The van der Waals surface area contributed by atoms with Crippen LogP contribution in [0.1, 0.15) is 23.2 Å². The lowest BCUT2D eigenvalue weighted by Gasteiger charge is -2.29. The number of para-hydroxylation sites is 1. The number of carbonyl (C=O) groups is 1. The first-order valence-electron chi connectivity index (χ1n) is 8.03. The zero-order valence-electron chi connectivity index (χ0n) is 13.4. The van der Waals surface area contributed by atoms with Gasteiger partial charge in [-0.25, -0.2) is 0 Å². The molecule has 0 radical (unpaired) electrons. The first-order valence-corrected chi connectivity index (χ1v) is 8.03. The van der Waals surface area contributed by atoms with Gasteiger partial charge in [-0.2, -0.15) is 0 Å². The molecule has 1 aliphatic rings. The number of benzene rings is 2. The van der Waals surface area contributed by atoms with Gasteiger partial charge in [0, 0.05) is 11.6 Å². The molecule has 1 heterocycles. The quantitative estimate of drug-likeness (QED) is 0.942. The molecule has 4 nitrogen and oxygen atoms in total. The standard InChI is InChI=1S/C19H22N2O2/c1-21-12-10-16(11-13-21)20-19(22)15-6-5-9-18(14-15)23-17-7-3-2-4-8-17/h2-9,14,16H,10-13H2,1H3,(H,20,22). The van der Waals surface area contributed by atoms with Crippen LogP contribution in [0.4, 0.5) is 0 Å². The van der Waals surface area contributed by atoms with Gasteiger partial charge in [0.25, 0.3) is 5.91 Å². The van der Waals surface area contributed by atoms with Crippen molar-refractivity contribution >= 4 is 5.91 Å². The second kappa shape index (κ2) is 7.29. The monoisotopic (exact) mass is 310 g/mol. The Morgan fingerprint density at radius 1 is 1.04 bits per heavy atom. The van der Waals surface area contributed by atoms with E-state index in [1.54, 1.807) is 6.07 Å². The summed E-state index contributed by atoms with van der Waals surface area (Å²) < 4.78 is 5.79. The molecule has 2 aromatic carbocycles. The highest BCUT2D eigenvalue weighted by molar-refractivity contribution is 5.94. The molecule has 1 saturated heterocycles. The maximum absolute atomic E-state index is 12.4. The third-order valence-corrected chi connectivity index (χ3v) is 4.13. The van der Waals surface area contributed by atoms with Gasteiger partial charge in [-0.15, -0.1) is 0 Å². The summed E-state index contributed by atoms with van der Waals surface area (Å²) in [5.74, 6) is 1.41. The molecule has 1 aliphatic heterocycles. The van der Waals surface area contributed by atoms with E-state index in [2.05, 4.69) is 17.3 Å². The van der Waals surface area contributed by atoms with Gasteiger partial charge in [0.15, 0.2) is 0 Å². The summed E-state index contributed by atoms with van der Waals surface area (Å²) in [5, 5.41) is 3.13. The molecule has 4 heteroatoms. The van der Waals surface area contributed by atoms with E-state index in [1.165, 1.54) is 0 Å². The minimum absolute atomic E-state index is 0.0296. The van der Waals surface area contributed by atoms with Gasteiger partial charge >= 0.3 is 0 Å². The van der Waals surface area contributed by atoms with Gasteiger partial charge in [0.1, 0.15) is 11.5 Å². The van der Waals surface area contributed by atoms with E-state index in [9.17, 15) is 4.79 Å². The van der Waals surface area contributed by atoms with Crippen molar-refractivity contribution in [2.24, 2.45) is 0 Å². The van der Waals surface area contributed by atoms with Crippen LogP contribution < -0.4 is 10.1 Å². The SMILES string of the molecule is CN1CCC(NC(=O)c2cccc(Oc3ccccc3)c2)CC1. The average molecular weight is 310 g/mol. The van der Waals surface area contributed by atoms with Crippen molar-refractivity contribution in [3.63, 3.8) is 0 Å². The minimum Gasteiger partial charge on any atom is -0.457 e.